The number of carbonyl (C=O) groups is 3. The summed E-state index contributed by atoms with van der Waals surface area (Å²) in [5, 5.41) is 2.28. The number of benzene rings is 2. The van der Waals surface area contributed by atoms with E-state index in [0.717, 1.165) is 0 Å². The Hall–Kier alpha value is -3.06. The Bertz CT molecular complexity index is 822. The molecule has 0 heterocycles. The van der Waals surface area contributed by atoms with E-state index in [0.29, 0.717) is 5.56 Å². The summed E-state index contributed by atoms with van der Waals surface area (Å²) in [7, 11) is 2.81. The predicted molar refractivity (Wildman–Crippen MR) is 93.8 cm³/mol. The quantitative estimate of drug-likeness (QED) is 0.778. The Balaban J connectivity index is 1.97. The molecule has 0 aliphatic heterocycles. The molecule has 0 saturated carbocycles. The lowest BCUT2D eigenvalue weighted by atomic mass is 10.2. The minimum absolute atomic E-state index is 0.0786. The molecule has 0 bridgehead atoms. The number of nitrogens with one attached hydrogen (secondary N) is 1. The monoisotopic (exact) mass is 377 g/mol. The molecule has 0 atom stereocenters. The highest BCUT2D eigenvalue weighted by atomic mass is 35.5. The molecule has 0 unspecified atom stereocenters. The SMILES string of the molecule is COc1cc(C(=O)OCC(=O)NC(=O)c2ccccc2)cc(Cl)c1OC. The van der Waals surface area contributed by atoms with E-state index in [9.17, 15) is 14.4 Å². The number of methoxy groups -OCH3 is 2. The van der Waals surface area contributed by atoms with E-state index >= 15 is 0 Å². The Morgan fingerprint density at radius 2 is 1.69 bits per heavy atom. The lowest BCUT2D eigenvalue weighted by molar-refractivity contribution is -0.123. The summed E-state index contributed by atoms with van der Waals surface area (Å²) in [6, 6.07) is 10.9. The molecule has 2 rings (SSSR count). The van der Waals surface area contributed by atoms with Gasteiger partial charge < -0.3 is 14.2 Å². The van der Waals surface area contributed by atoms with Gasteiger partial charge in [-0.05, 0) is 24.3 Å². The number of rotatable bonds is 6. The largest absolute Gasteiger partial charge is 0.493 e. The summed E-state index contributed by atoms with van der Waals surface area (Å²) in [5.41, 5.74) is 0.397. The maximum Gasteiger partial charge on any atom is 0.338 e. The fourth-order valence-electron chi connectivity index (χ4n) is 2.07. The third-order valence-electron chi connectivity index (χ3n) is 3.29. The Labute approximate surface area is 154 Å². The van der Waals surface area contributed by atoms with Crippen molar-refractivity contribution in [3.8, 4) is 11.5 Å². The van der Waals surface area contributed by atoms with Gasteiger partial charge in [0.25, 0.3) is 11.8 Å². The molecule has 136 valence electrons. The van der Waals surface area contributed by atoms with Gasteiger partial charge in [-0.25, -0.2) is 4.79 Å². The molecule has 0 aliphatic carbocycles. The Morgan fingerprint density at radius 1 is 1.00 bits per heavy atom. The number of ether oxygens (including phenoxy) is 3. The van der Waals surface area contributed by atoms with Crippen LogP contribution in [0.15, 0.2) is 42.5 Å². The van der Waals surface area contributed by atoms with Crippen LogP contribution in [0.2, 0.25) is 5.02 Å². The average molecular weight is 378 g/mol. The molecule has 0 radical (unpaired) electrons. The second-order valence-corrected chi connectivity index (χ2v) is 5.42. The first-order valence-corrected chi connectivity index (χ1v) is 7.82. The van der Waals surface area contributed by atoms with Gasteiger partial charge in [0.15, 0.2) is 18.1 Å². The maximum absolute atomic E-state index is 12.1. The van der Waals surface area contributed by atoms with Gasteiger partial charge in [-0.3, -0.25) is 14.9 Å². The van der Waals surface area contributed by atoms with E-state index in [1.807, 2.05) is 0 Å². The molecule has 8 heteroatoms. The molecule has 0 aliphatic rings. The molecular weight excluding hydrogens is 362 g/mol. The first-order chi connectivity index (χ1) is 12.5. The highest BCUT2D eigenvalue weighted by molar-refractivity contribution is 6.32. The number of carbonyl (C=O) groups excluding carboxylic acids is 3. The smallest absolute Gasteiger partial charge is 0.338 e. The van der Waals surface area contributed by atoms with Crippen LogP contribution in [0.5, 0.6) is 11.5 Å². The molecule has 0 saturated heterocycles. The van der Waals surface area contributed by atoms with Gasteiger partial charge in [-0.1, -0.05) is 29.8 Å². The zero-order valence-corrected chi connectivity index (χ0v) is 14.8. The minimum Gasteiger partial charge on any atom is -0.493 e. The fraction of sp³-hybridized carbons (Fsp3) is 0.167. The van der Waals surface area contributed by atoms with Crippen molar-refractivity contribution < 1.29 is 28.6 Å². The van der Waals surface area contributed by atoms with E-state index < -0.39 is 24.4 Å². The number of imide groups is 1. The van der Waals surface area contributed by atoms with Gasteiger partial charge in [-0.15, -0.1) is 0 Å². The van der Waals surface area contributed by atoms with Crippen molar-refractivity contribution in [1.29, 1.82) is 0 Å². The number of esters is 1. The predicted octanol–water partition coefficient (Wildman–Crippen LogP) is 2.47. The van der Waals surface area contributed by atoms with E-state index in [1.54, 1.807) is 30.3 Å². The zero-order chi connectivity index (χ0) is 19.1. The number of hydrogen-bond acceptors (Lipinski definition) is 6. The summed E-state index contributed by atoms with van der Waals surface area (Å²) in [4.78, 5) is 35.7. The lowest BCUT2D eigenvalue weighted by Gasteiger charge is -2.11. The van der Waals surface area contributed by atoms with Crippen molar-refractivity contribution in [2.75, 3.05) is 20.8 Å². The van der Waals surface area contributed by atoms with Gasteiger partial charge in [0.2, 0.25) is 0 Å². The lowest BCUT2D eigenvalue weighted by Crippen LogP contribution is -2.34. The highest BCUT2D eigenvalue weighted by Crippen LogP contribution is 2.36. The molecule has 7 nitrogen and oxygen atoms in total. The Morgan fingerprint density at radius 3 is 2.31 bits per heavy atom. The second kappa shape index (κ2) is 8.87. The van der Waals surface area contributed by atoms with Gasteiger partial charge >= 0.3 is 5.97 Å². The van der Waals surface area contributed by atoms with Crippen LogP contribution in [0.3, 0.4) is 0 Å². The van der Waals surface area contributed by atoms with Gasteiger partial charge in [0, 0.05) is 5.56 Å². The average Bonchev–Trinajstić information content (AvgIpc) is 2.65. The number of hydrogen-bond donors (Lipinski definition) is 1. The molecule has 0 spiro atoms. The summed E-state index contributed by atoms with van der Waals surface area (Å²) >= 11 is 6.02. The zero-order valence-electron chi connectivity index (χ0n) is 14.1. The van der Waals surface area contributed by atoms with Crippen molar-refractivity contribution in [3.63, 3.8) is 0 Å². The van der Waals surface area contributed by atoms with Crippen molar-refractivity contribution in [2.24, 2.45) is 0 Å². The minimum atomic E-state index is -0.796. The van der Waals surface area contributed by atoms with E-state index in [-0.39, 0.29) is 22.1 Å². The number of amides is 2. The van der Waals surface area contributed by atoms with Crippen LogP contribution in [0.25, 0.3) is 0 Å². The summed E-state index contributed by atoms with van der Waals surface area (Å²) in [6.07, 6.45) is 0. The van der Waals surface area contributed by atoms with Gasteiger partial charge in [0.05, 0.1) is 24.8 Å². The normalized spacial score (nSPS) is 9.96. The van der Waals surface area contributed by atoms with Crippen LogP contribution >= 0.6 is 11.6 Å². The van der Waals surface area contributed by atoms with Crippen molar-refractivity contribution in [3.05, 3.63) is 58.6 Å². The standard InChI is InChI=1S/C18H16ClNO6/c1-24-14-9-12(8-13(19)16(14)25-2)18(23)26-10-15(21)20-17(22)11-6-4-3-5-7-11/h3-9H,10H2,1-2H3,(H,20,21,22). The third kappa shape index (κ3) is 4.73. The van der Waals surface area contributed by atoms with Crippen molar-refractivity contribution in [2.45, 2.75) is 0 Å². The first kappa shape index (κ1) is 19.3. The van der Waals surface area contributed by atoms with Crippen LogP contribution < -0.4 is 14.8 Å². The Kier molecular flexibility index (Phi) is 6.57. The third-order valence-corrected chi connectivity index (χ3v) is 3.57. The molecule has 2 amide bonds. The second-order valence-electron chi connectivity index (χ2n) is 5.01. The van der Waals surface area contributed by atoms with Crippen LogP contribution in [0.1, 0.15) is 20.7 Å². The first-order valence-electron chi connectivity index (χ1n) is 7.44. The van der Waals surface area contributed by atoms with Crippen molar-refractivity contribution >= 4 is 29.4 Å². The van der Waals surface area contributed by atoms with Crippen molar-refractivity contribution in [1.82, 2.24) is 5.32 Å². The molecule has 0 fully saturated rings. The maximum atomic E-state index is 12.1. The van der Waals surface area contributed by atoms with Gasteiger partial charge in [0.1, 0.15) is 0 Å². The van der Waals surface area contributed by atoms with E-state index in [2.05, 4.69) is 5.32 Å². The van der Waals surface area contributed by atoms with Crippen LogP contribution in [0.4, 0.5) is 0 Å². The summed E-state index contributed by atoms with van der Waals surface area (Å²) < 4.78 is 15.1. The molecule has 1 N–H and O–H groups in total. The van der Waals surface area contributed by atoms with Crippen LogP contribution in [-0.4, -0.2) is 38.6 Å². The van der Waals surface area contributed by atoms with Crippen LogP contribution in [-0.2, 0) is 9.53 Å². The highest BCUT2D eigenvalue weighted by Gasteiger charge is 2.18. The fourth-order valence-corrected chi connectivity index (χ4v) is 2.36. The van der Waals surface area contributed by atoms with E-state index in [1.165, 1.54) is 26.4 Å². The molecule has 2 aromatic rings. The van der Waals surface area contributed by atoms with E-state index in [4.69, 9.17) is 25.8 Å². The summed E-state index contributed by atoms with van der Waals surface area (Å²) in [5.74, 6) is -1.61. The van der Waals surface area contributed by atoms with Crippen LogP contribution in [0, 0.1) is 0 Å². The summed E-state index contributed by atoms with van der Waals surface area (Å²) in [6.45, 7) is -0.622. The molecule has 26 heavy (non-hydrogen) atoms. The molecule has 0 aromatic heterocycles. The molecule has 2 aromatic carbocycles. The molecular formula is C18H16ClNO6. The number of halogens is 1. The topological polar surface area (TPSA) is 90.9 Å². The van der Waals surface area contributed by atoms with Gasteiger partial charge in [-0.2, -0.15) is 0 Å².